The van der Waals surface area contributed by atoms with Gasteiger partial charge in [0.15, 0.2) is 0 Å². The molecule has 0 radical (unpaired) electrons. The van der Waals surface area contributed by atoms with E-state index in [1.165, 1.54) is 6.33 Å². The van der Waals surface area contributed by atoms with Crippen LogP contribution in [0.2, 0.25) is 0 Å². The van der Waals surface area contributed by atoms with E-state index in [2.05, 4.69) is 24.1 Å². The van der Waals surface area contributed by atoms with Crippen molar-refractivity contribution in [3.63, 3.8) is 0 Å². The minimum Gasteiger partial charge on any atom is -0.333 e. The molecule has 17 heavy (non-hydrogen) atoms. The molecular formula is C11H18F3N3. The average Bonchev–Trinajstić information content (AvgIpc) is 2.61. The highest BCUT2D eigenvalue weighted by atomic mass is 19.4. The van der Waals surface area contributed by atoms with Gasteiger partial charge in [0.05, 0.1) is 18.4 Å². The molecule has 1 heterocycles. The Morgan fingerprint density at radius 1 is 1.41 bits per heavy atom. The second kappa shape index (κ2) is 6.05. The van der Waals surface area contributed by atoms with Gasteiger partial charge in [0.25, 0.3) is 0 Å². The van der Waals surface area contributed by atoms with E-state index < -0.39 is 12.6 Å². The molecule has 0 saturated carbocycles. The van der Waals surface area contributed by atoms with Gasteiger partial charge in [-0.05, 0) is 12.5 Å². The molecule has 0 bridgehead atoms. The number of nitrogens with one attached hydrogen (secondary N) is 1. The summed E-state index contributed by atoms with van der Waals surface area (Å²) in [5.74, 6) is 0.515. The van der Waals surface area contributed by atoms with Gasteiger partial charge < -0.3 is 9.88 Å². The second-order valence-electron chi connectivity index (χ2n) is 4.47. The summed E-state index contributed by atoms with van der Waals surface area (Å²) in [4.78, 5) is 3.88. The highest BCUT2D eigenvalue weighted by Crippen LogP contribution is 2.20. The van der Waals surface area contributed by atoms with Gasteiger partial charge >= 0.3 is 6.18 Å². The molecule has 0 spiro atoms. The summed E-state index contributed by atoms with van der Waals surface area (Å²) in [5.41, 5.74) is 0.787. The molecule has 1 N–H and O–H groups in total. The summed E-state index contributed by atoms with van der Waals surface area (Å²) < 4.78 is 37.8. The molecule has 0 atom stereocenters. The van der Waals surface area contributed by atoms with Crippen LogP contribution >= 0.6 is 0 Å². The largest absolute Gasteiger partial charge is 0.390 e. The van der Waals surface area contributed by atoms with Gasteiger partial charge in [-0.15, -0.1) is 0 Å². The molecule has 98 valence electrons. The van der Waals surface area contributed by atoms with Gasteiger partial charge in [-0.2, -0.15) is 13.2 Å². The van der Waals surface area contributed by atoms with Crippen molar-refractivity contribution in [3.8, 4) is 0 Å². The number of alkyl halides is 3. The van der Waals surface area contributed by atoms with Gasteiger partial charge in [0, 0.05) is 19.3 Å². The normalized spacial score (nSPS) is 12.4. The Morgan fingerprint density at radius 2 is 2.12 bits per heavy atom. The van der Waals surface area contributed by atoms with Crippen molar-refractivity contribution in [2.75, 3.05) is 6.54 Å². The van der Waals surface area contributed by atoms with Crippen molar-refractivity contribution < 1.29 is 13.2 Å². The molecular weight excluding hydrogens is 231 g/mol. The van der Waals surface area contributed by atoms with Crippen LogP contribution in [0.1, 0.15) is 26.0 Å². The number of aryl methyl sites for hydroxylation is 1. The molecule has 3 nitrogen and oxygen atoms in total. The molecule has 1 aromatic rings. The van der Waals surface area contributed by atoms with Gasteiger partial charge in [-0.3, -0.25) is 0 Å². The van der Waals surface area contributed by atoms with Gasteiger partial charge in [0.1, 0.15) is 0 Å². The predicted molar refractivity (Wildman–Crippen MR) is 59.4 cm³/mol. The van der Waals surface area contributed by atoms with E-state index in [-0.39, 0.29) is 6.54 Å². The number of aromatic nitrogens is 2. The molecule has 0 unspecified atom stereocenters. The third-order valence-electron chi connectivity index (χ3n) is 2.29. The first-order chi connectivity index (χ1) is 7.88. The van der Waals surface area contributed by atoms with Crippen molar-refractivity contribution in [1.82, 2.24) is 14.9 Å². The molecule has 0 aliphatic carbocycles. The van der Waals surface area contributed by atoms with Crippen LogP contribution < -0.4 is 5.32 Å². The third-order valence-corrected chi connectivity index (χ3v) is 2.29. The SMILES string of the molecule is CC(C)CNCc1cncn1CCC(F)(F)F. The lowest BCUT2D eigenvalue weighted by Gasteiger charge is -2.11. The van der Waals surface area contributed by atoms with Crippen LogP contribution in [0.5, 0.6) is 0 Å². The molecule has 6 heteroatoms. The summed E-state index contributed by atoms with van der Waals surface area (Å²) in [6.45, 7) is 5.48. The Labute approximate surface area is 99.0 Å². The third kappa shape index (κ3) is 5.72. The highest BCUT2D eigenvalue weighted by Gasteiger charge is 2.26. The number of rotatable bonds is 6. The Hall–Kier alpha value is -1.04. The van der Waals surface area contributed by atoms with E-state index in [9.17, 15) is 13.2 Å². The summed E-state index contributed by atoms with van der Waals surface area (Å²) in [6, 6.07) is 0. The number of hydrogen-bond acceptors (Lipinski definition) is 2. The molecule has 0 aliphatic heterocycles. The van der Waals surface area contributed by atoms with E-state index in [4.69, 9.17) is 0 Å². The predicted octanol–water partition coefficient (Wildman–Crippen LogP) is 2.58. The van der Waals surface area contributed by atoms with Crippen LogP contribution in [0.25, 0.3) is 0 Å². The first-order valence-corrected chi connectivity index (χ1v) is 5.65. The summed E-state index contributed by atoms with van der Waals surface area (Å²) in [6.07, 6.45) is -1.89. The molecule has 0 aliphatic rings. The topological polar surface area (TPSA) is 29.9 Å². The zero-order valence-electron chi connectivity index (χ0n) is 10.1. The fourth-order valence-electron chi connectivity index (χ4n) is 1.43. The minimum atomic E-state index is -4.12. The van der Waals surface area contributed by atoms with Crippen molar-refractivity contribution in [1.29, 1.82) is 0 Å². The quantitative estimate of drug-likeness (QED) is 0.839. The van der Waals surface area contributed by atoms with Crippen LogP contribution in [-0.4, -0.2) is 22.3 Å². The fourth-order valence-corrected chi connectivity index (χ4v) is 1.43. The van der Waals surface area contributed by atoms with Crippen molar-refractivity contribution >= 4 is 0 Å². The number of halogens is 3. The van der Waals surface area contributed by atoms with E-state index >= 15 is 0 Å². The van der Waals surface area contributed by atoms with Crippen LogP contribution in [0, 0.1) is 5.92 Å². The van der Waals surface area contributed by atoms with Crippen molar-refractivity contribution in [3.05, 3.63) is 18.2 Å². The summed E-state index contributed by atoms with van der Waals surface area (Å²) >= 11 is 0. The Bertz CT molecular complexity index is 331. The lowest BCUT2D eigenvalue weighted by molar-refractivity contribution is -0.136. The number of nitrogens with zero attached hydrogens (tertiary/aromatic N) is 2. The Morgan fingerprint density at radius 3 is 2.71 bits per heavy atom. The molecule has 0 amide bonds. The zero-order valence-corrected chi connectivity index (χ0v) is 10.1. The maximum Gasteiger partial charge on any atom is 0.390 e. The lowest BCUT2D eigenvalue weighted by Crippen LogP contribution is -2.21. The van der Waals surface area contributed by atoms with E-state index in [1.54, 1.807) is 10.8 Å². The van der Waals surface area contributed by atoms with Crippen LogP contribution in [-0.2, 0) is 13.1 Å². The first kappa shape index (κ1) is 14.0. The van der Waals surface area contributed by atoms with E-state index in [0.29, 0.717) is 12.5 Å². The maximum atomic E-state index is 12.1. The molecule has 0 saturated heterocycles. The van der Waals surface area contributed by atoms with Crippen molar-refractivity contribution in [2.24, 2.45) is 5.92 Å². The average molecular weight is 249 g/mol. The Kier molecular flexibility index (Phi) is 4.99. The number of imidazole rings is 1. The van der Waals surface area contributed by atoms with Crippen molar-refractivity contribution in [2.45, 2.75) is 39.5 Å². The molecule has 1 rings (SSSR count). The number of hydrogen-bond donors (Lipinski definition) is 1. The van der Waals surface area contributed by atoms with Crippen LogP contribution in [0.4, 0.5) is 13.2 Å². The minimum absolute atomic E-state index is 0.0673. The standard InChI is InChI=1S/C11H18F3N3/c1-9(2)5-15-6-10-7-16-8-17(10)4-3-11(12,13)14/h7-9,15H,3-6H2,1-2H3. The van der Waals surface area contributed by atoms with E-state index in [0.717, 1.165) is 12.2 Å². The summed E-state index contributed by atoms with van der Waals surface area (Å²) in [7, 11) is 0. The van der Waals surface area contributed by atoms with Crippen LogP contribution in [0.15, 0.2) is 12.5 Å². The van der Waals surface area contributed by atoms with Gasteiger partial charge in [0.2, 0.25) is 0 Å². The molecule has 0 fully saturated rings. The summed E-state index contributed by atoms with van der Waals surface area (Å²) in [5, 5.41) is 3.18. The second-order valence-corrected chi connectivity index (χ2v) is 4.47. The maximum absolute atomic E-state index is 12.1. The molecule has 0 aromatic carbocycles. The highest BCUT2D eigenvalue weighted by molar-refractivity contribution is 4.97. The smallest absolute Gasteiger partial charge is 0.333 e. The monoisotopic (exact) mass is 249 g/mol. The molecule has 1 aromatic heterocycles. The lowest BCUT2D eigenvalue weighted by atomic mass is 10.2. The van der Waals surface area contributed by atoms with E-state index in [1.807, 2.05) is 0 Å². The fraction of sp³-hybridized carbons (Fsp3) is 0.727. The zero-order chi connectivity index (χ0) is 12.9. The Balaban J connectivity index is 2.43. The first-order valence-electron chi connectivity index (χ1n) is 5.65. The van der Waals surface area contributed by atoms with Crippen LogP contribution in [0.3, 0.4) is 0 Å². The van der Waals surface area contributed by atoms with Gasteiger partial charge in [-0.25, -0.2) is 4.98 Å². The van der Waals surface area contributed by atoms with Gasteiger partial charge in [-0.1, -0.05) is 13.8 Å².